The van der Waals surface area contributed by atoms with Crippen molar-refractivity contribution in [3.05, 3.63) is 65.5 Å². The van der Waals surface area contributed by atoms with Crippen LogP contribution in [0, 0.1) is 0 Å². The summed E-state index contributed by atoms with van der Waals surface area (Å²) in [5.41, 5.74) is 2.05. The molecule has 1 aliphatic rings. The van der Waals surface area contributed by atoms with Gasteiger partial charge in [-0.2, -0.15) is 0 Å². The highest BCUT2D eigenvalue weighted by molar-refractivity contribution is 5.87. The van der Waals surface area contributed by atoms with Gasteiger partial charge in [-0.05, 0) is 29.3 Å². The highest BCUT2D eigenvalue weighted by atomic mass is 16.5. The van der Waals surface area contributed by atoms with Gasteiger partial charge in [0.05, 0.1) is 18.8 Å². The van der Waals surface area contributed by atoms with Crippen LogP contribution in [0.1, 0.15) is 21.5 Å². The first-order valence-corrected chi connectivity index (χ1v) is 8.46. The Bertz CT molecular complexity index is 743. The van der Waals surface area contributed by atoms with Crippen LogP contribution in [0.15, 0.2) is 48.8 Å². The minimum Gasteiger partial charge on any atom is -0.478 e. The van der Waals surface area contributed by atoms with E-state index >= 15 is 0 Å². The Balaban J connectivity index is 1.77. The van der Waals surface area contributed by atoms with Gasteiger partial charge in [-0.3, -0.25) is 4.98 Å². The van der Waals surface area contributed by atoms with E-state index in [1.165, 1.54) is 0 Å². The second kappa shape index (κ2) is 8.44. The van der Waals surface area contributed by atoms with Crippen LogP contribution in [-0.4, -0.2) is 58.2 Å². The summed E-state index contributed by atoms with van der Waals surface area (Å²) in [6.45, 7) is 3.05. The first-order valence-electron chi connectivity index (χ1n) is 8.46. The zero-order valence-electron chi connectivity index (χ0n) is 14.4. The van der Waals surface area contributed by atoms with Crippen LogP contribution < -0.4 is 0 Å². The van der Waals surface area contributed by atoms with E-state index in [2.05, 4.69) is 4.98 Å². The molecule has 0 atom stereocenters. The number of amides is 2. The van der Waals surface area contributed by atoms with Crippen molar-refractivity contribution >= 4 is 12.0 Å². The number of hydrogen-bond acceptors (Lipinski definition) is 4. The molecule has 7 heteroatoms. The first-order chi connectivity index (χ1) is 12.6. The van der Waals surface area contributed by atoms with E-state index in [0.717, 1.165) is 11.1 Å². The summed E-state index contributed by atoms with van der Waals surface area (Å²) >= 11 is 0. The van der Waals surface area contributed by atoms with Crippen molar-refractivity contribution in [1.29, 1.82) is 0 Å². The Morgan fingerprint density at radius 2 is 1.77 bits per heavy atom. The van der Waals surface area contributed by atoms with E-state index < -0.39 is 5.97 Å². The van der Waals surface area contributed by atoms with Crippen LogP contribution in [-0.2, 0) is 17.8 Å². The molecule has 0 spiro atoms. The Labute approximate surface area is 151 Å². The van der Waals surface area contributed by atoms with Crippen molar-refractivity contribution in [3.8, 4) is 0 Å². The van der Waals surface area contributed by atoms with Crippen LogP contribution in [0.2, 0.25) is 0 Å². The van der Waals surface area contributed by atoms with Crippen molar-refractivity contribution in [2.45, 2.75) is 13.1 Å². The molecule has 0 unspecified atom stereocenters. The van der Waals surface area contributed by atoms with Gasteiger partial charge in [-0.15, -0.1) is 0 Å². The summed E-state index contributed by atoms with van der Waals surface area (Å²) in [7, 11) is 0. The Kier molecular flexibility index (Phi) is 5.80. The minimum atomic E-state index is -0.965. The maximum Gasteiger partial charge on any atom is 0.335 e. The molecule has 2 heterocycles. The lowest BCUT2D eigenvalue weighted by Crippen LogP contribution is -2.47. The van der Waals surface area contributed by atoms with E-state index in [1.54, 1.807) is 46.5 Å². The average molecular weight is 355 g/mol. The van der Waals surface area contributed by atoms with Gasteiger partial charge in [0.2, 0.25) is 0 Å². The van der Waals surface area contributed by atoms with Gasteiger partial charge in [0.15, 0.2) is 0 Å². The number of ether oxygens (including phenoxy) is 1. The monoisotopic (exact) mass is 355 g/mol. The van der Waals surface area contributed by atoms with Gasteiger partial charge >= 0.3 is 12.0 Å². The topological polar surface area (TPSA) is 83.0 Å². The number of nitrogens with zero attached hydrogens (tertiary/aromatic N) is 3. The second-order valence-corrected chi connectivity index (χ2v) is 6.10. The van der Waals surface area contributed by atoms with E-state index in [0.29, 0.717) is 39.4 Å². The first kappa shape index (κ1) is 17.9. The normalized spacial score (nSPS) is 14.1. The quantitative estimate of drug-likeness (QED) is 0.889. The van der Waals surface area contributed by atoms with Gasteiger partial charge in [-0.25, -0.2) is 9.59 Å². The maximum atomic E-state index is 13.0. The molecule has 1 fully saturated rings. The van der Waals surface area contributed by atoms with Gasteiger partial charge in [-0.1, -0.05) is 18.2 Å². The fraction of sp³-hybridized carbons (Fsp3) is 0.316. The molecule has 2 aromatic rings. The van der Waals surface area contributed by atoms with Crippen molar-refractivity contribution in [3.63, 3.8) is 0 Å². The molecular formula is C19H21N3O4. The maximum absolute atomic E-state index is 13.0. The molecule has 3 rings (SSSR count). The summed E-state index contributed by atoms with van der Waals surface area (Å²) < 4.78 is 5.32. The molecule has 1 saturated heterocycles. The third kappa shape index (κ3) is 4.58. The van der Waals surface area contributed by atoms with Crippen LogP contribution in [0.3, 0.4) is 0 Å². The number of rotatable bonds is 5. The number of carboxylic acid groups (broad SMARTS) is 1. The zero-order valence-corrected chi connectivity index (χ0v) is 14.4. The van der Waals surface area contributed by atoms with Crippen molar-refractivity contribution in [2.75, 3.05) is 26.3 Å². The highest BCUT2D eigenvalue weighted by Crippen LogP contribution is 2.14. The fourth-order valence-corrected chi connectivity index (χ4v) is 2.83. The molecule has 1 aromatic carbocycles. The standard InChI is InChI=1S/C19H21N3O4/c23-18(24)17-5-3-15(4-6-17)13-22(14-16-2-1-7-20-12-16)19(25)21-8-10-26-11-9-21/h1-7,12H,8-11,13-14H2,(H,23,24). The van der Waals surface area contributed by atoms with Crippen molar-refractivity contribution < 1.29 is 19.4 Å². The number of aromatic nitrogens is 1. The molecule has 7 nitrogen and oxygen atoms in total. The summed E-state index contributed by atoms with van der Waals surface area (Å²) in [4.78, 5) is 31.6. The smallest absolute Gasteiger partial charge is 0.335 e. The van der Waals surface area contributed by atoms with E-state index in [4.69, 9.17) is 9.84 Å². The second-order valence-electron chi connectivity index (χ2n) is 6.10. The number of pyridine rings is 1. The SMILES string of the molecule is O=C(O)c1ccc(CN(Cc2cccnc2)C(=O)N2CCOCC2)cc1. The minimum absolute atomic E-state index is 0.0561. The largest absolute Gasteiger partial charge is 0.478 e. The molecule has 26 heavy (non-hydrogen) atoms. The predicted molar refractivity (Wildman–Crippen MR) is 94.7 cm³/mol. The summed E-state index contributed by atoms with van der Waals surface area (Å²) in [5, 5.41) is 9.02. The van der Waals surface area contributed by atoms with Gasteiger partial charge in [0, 0.05) is 38.6 Å². The molecule has 0 aliphatic carbocycles. The van der Waals surface area contributed by atoms with E-state index in [1.807, 2.05) is 12.1 Å². The molecular weight excluding hydrogens is 334 g/mol. The highest BCUT2D eigenvalue weighted by Gasteiger charge is 2.23. The number of hydrogen-bond donors (Lipinski definition) is 1. The fourth-order valence-electron chi connectivity index (χ4n) is 2.83. The molecule has 1 aliphatic heterocycles. The Morgan fingerprint density at radius 3 is 2.38 bits per heavy atom. The summed E-state index contributed by atoms with van der Waals surface area (Å²) in [5.74, 6) is -0.965. The third-order valence-electron chi connectivity index (χ3n) is 4.22. The number of benzene rings is 1. The van der Waals surface area contributed by atoms with Crippen LogP contribution in [0.5, 0.6) is 0 Å². The Morgan fingerprint density at radius 1 is 1.08 bits per heavy atom. The van der Waals surface area contributed by atoms with E-state index in [9.17, 15) is 9.59 Å². The lowest BCUT2D eigenvalue weighted by molar-refractivity contribution is 0.0418. The number of aromatic carboxylic acids is 1. The summed E-state index contributed by atoms with van der Waals surface area (Å²) in [6.07, 6.45) is 3.44. The zero-order chi connectivity index (χ0) is 18.4. The van der Waals surface area contributed by atoms with E-state index in [-0.39, 0.29) is 11.6 Å². The number of urea groups is 1. The van der Waals surface area contributed by atoms with Gasteiger partial charge < -0.3 is 19.6 Å². The molecule has 1 N–H and O–H groups in total. The lowest BCUT2D eigenvalue weighted by atomic mass is 10.1. The Hall–Kier alpha value is -2.93. The van der Waals surface area contributed by atoms with Crippen molar-refractivity contribution in [1.82, 2.24) is 14.8 Å². The molecule has 2 amide bonds. The van der Waals surface area contributed by atoms with Crippen molar-refractivity contribution in [2.24, 2.45) is 0 Å². The number of carbonyl (C=O) groups excluding carboxylic acids is 1. The van der Waals surface area contributed by atoms with Gasteiger partial charge in [0.25, 0.3) is 0 Å². The molecule has 136 valence electrons. The molecule has 0 bridgehead atoms. The van der Waals surface area contributed by atoms with Crippen LogP contribution >= 0.6 is 0 Å². The molecule has 0 saturated carbocycles. The average Bonchev–Trinajstić information content (AvgIpc) is 2.69. The van der Waals surface area contributed by atoms with Crippen LogP contribution in [0.4, 0.5) is 4.79 Å². The lowest BCUT2D eigenvalue weighted by Gasteiger charge is -2.33. The summed E-state index contributed by atoms with van der Waals surface area (Å²) in [6, 6.07) is 10.3. The van der Waals surface area contributed by atoms with Crippen LogP contribution in [0.25, 0.3) is 0 Å². The third-order valence-corrected chi connectivity index (χ3v) is 4.22. The molecule has 0 radical (unpaired) electrons. The number of carbonyl (C=O) groups is 2. The molecule has 1 aromatic heterocycles. The van der Waals surface area contributed by atoms with Gasteiger partial charge in [0.1, 0.15) is 0 Å². The number of morpholine rings is 1. The predicted octanol–water partition coefficient (Wildman–Crippen LogP) is 2.23. The number of carboxylic acids is 1.